The minimum Gasteiger partial charge on any atom is -0.480 e. The minimum atomic E-state index is -0.773. The summed E-state index contributed by atoms with van der Waals surface area (Å²) in [4.78, 5) is 22.5. The number of halogens is 1. The smallest absolute Gasteiger partial charge is 0.317 e. The fourth-order valence-electron chi connectivity index (χ4n) is 4.84. The summed E-state index contributed by atoms with van der Waals surface area (Å²) in [6, 6.07) is 8.87. The number of nitrogens with zero attached hydrogens (tertiary/aromatic N) is 5. The number of aromatic nitrogens is 3. The Kier molecular flexibility index (Phi) is 6.64. The van der Waals surface area contributed by atoms with E-state index in [9.17, 15) is 9.90 Å². The Bertz CT molecular complexity index is 882. The van der Waals surface area contributed by atoms with Gasteiger partial charge in [0, 0.05) is 49.3 Å². The van der Waals surface area contributed by atoms with Crippen LogP contribution in [-0.2, 0) is 11.2 Å². The van der Waals surface area contributed by atoms with Crippen molar-refractivity contribution < 1.29 is 9.90 Å². The molecule has 9 nitrogen and oxygen atoms in total. The Labute approximate surface area is 187 Å². The number of piperazine rings is 1. The number of nitrogens with two attached hydrogens (primary N) is 1. The molecular formula is C21H30ClN7O2. The van der Waals surface area contributed by atoms with Crippen molar-refractivity contribution in [1.82, 2.24) is 25.0 Å². The molecule has 1 aromatic heterocycles. The molecule has 0 radical (unpaired) electrons. The van der Waals surface area contributed by atoms with Crippen LogP contribution >= 0.6 is 11.6 Å². The van der Waals surface area contributed by atoms with E-state index in [1.54, 1.807) is 0 Å². The second-order valence-corrected chi connectivity index (χ2v) is 9.03. The average molecular weight is 448 g/mol. The Hall–Kier alpha value is -2.36. The van der Waals surface area contributed by atoms with E-state index < -0.39 is 5.97 Å². The predicted octanol–water partition coefficient (Wildman–Crippen LogP) is 1.71. The number of piperidine rings is 1. The Balaban J connectivity index is 1.46. The summed E-state index contributed by atoms with van der Waals surface area (Å²) in [6.07, 6.45) is 2.89. The Morgan fingerprint density at radius 1 is 1.26 bits per heavy atom. The monoisotopic (exact) mass is 447 g/mol. The summed E-state index contributed by atoms with van der Waals surface area (Å²) in [5.74, 6) is 0.224. The summed E-state index contributed by atoms with van der Waals surface area (Å²) in [6.45, 7) is 5.56. The van der Waals surface area contributed by atoms with Crippen molar-refractivity contribution >= 4 is 29.5 Å². The predicted molar refractivity (Wildman–Crippen MR) is 120 cm³/mol. The van der Waals surface area contributed by atoms with Crippen molar-refractivity contribution in [2.75, 3.05) is 43.4 Å². The molecule has 10 heteroatoms. The normalized spacial score (nSPS) is 23.9. The Morgan fingerprint density at radius 2 is 1.97 bits per heavy atom. The van der Waals surface area contributed by atoms with Crippen LogP contribution in [-0.4, -0.2) is 86.9 Å². The SMILES string of the molecule is C[C@H]1CN(C2CCN(c3n[nH]c(N)n3)CC2)[C@@H](Cc2ccc(Cl)cc2)CN1CC(=O)O. The molecule has 2 aliphatic heterocycles. The zero-order valence-electron chi connectivity index (χ0n) is 17.7. The van der Waals surface area contributed by atoms with Crippen LogP contribution in [0.4, 0.5) is 11.9 Å². The number of hydrogen-bond donors (Lipinski definition) is 3. The maximum absolute atomic E-state index is 11.4. The molecule has 2 saturated heterocycles. The second kappa shape index (κ2) is 9.42. The minimum absolute atomic E-state index is 0.0802. The lowest BCUT2D eigenvalue weighted by atomic mass is 9.94. The van der Waals surface area contributed by atoms with E-state index in [-0.39, 0.29) is 18.6 Å². The van der Waals surface area contributed by atoms with Crippen LogP contribution < -0.4 is 10.6 Å². The fraction of sp³-hybridized carbons (Fsp3) is 0.571. The number of aromatic amines is 1. The van der Waals surface area contributed by atoms with Gasteiger partial charge < -0.3 is 15.7 Å². The summed E-state index contributed by atoms with van der Waals surface area (Å²) in [5.41, 5.74) is 6.89. The highest BCUT2D eigenvalue weighted by molar-refractivity contribution is 6.30. The lowest BCUT2D eigenvalue weighted by Crippen LogP contribution is -2.62. The molecule has 2 aliphatic rings. The highest BCUT2D eigenvalue weighted by Crippen LogP contribution is 2.27. The number of benzene rings is 1. The van der Waals surface area contributed by atoms with Gasteiger partial charge in [-0.15, -0.1) is 5.10 Å². The molecule has 3 heterocycles. The third-order valence-electron chi connectivity index (χ3n) is 6.44. The molecule has 2 fully saturated rings. The standard InChI is InChI=1S/C21H30ClN7O2/c1-14-11-29(17-6-8-27(9-7-17)21-24-20(23)25-26-21)18(12-28(14)13-19(30)31)10-15-2-4-16(22)5-3-15/h2-5,14,17-18H,6-13H2,1H3,(H,30,31)(H3,23,24,25,26)/t14-,18-/m0/s1. The van der Waals surface area contributed by atoms with Crippen molar-refractivity contribution in [2.24, 2.45) is 0 Å². The van der Waals surface area contributed by atoms with Crippen LogP contribution in [0, 0.1) is 0 Å². The van der Waals surface area contributed by atoms with Crippen LogP contribution in [0.1, 0.15) is 25.3 Å². The average Bonchev–Trinajstić information content (AvgIpc) is 3.18. The molecule has 4 N–H and O–H groups in total. The third-order valence-corrected chi connectivity index (χ3v) is 6.69. The van der Waals surface area contributed by atoms with E-state index in [2.05, 4.69) is 48.9 Å². The van der Waals surface area contributed by atoms with Gasteiger partial charge in [-0.2, -0.15) is 4.98 Å². The third kappa shape index (κ3) is 5.28. The maximum atomic E-state index is 11.4. The first-order chi connectivity index (χ1) is 14.9. The van der Waals surface area contributed by atoms with Gasteiger partial charge in [-0.25, -0.2) is 5.10 Å². The number of anilines is 2. The first-order valence-corrected chi connectivity index (χ1v) is 11.2. The summed E-state index contributed by atoms with van der Waals surface area (Å²) < 4.78 is 0. The lowest BCUT2D eigenvalue weighted by molar-refractivity contribution is -0.140. The van der Waals surface area contributed by atoms with Gasteiger partial charge in [0.2, 0.25) is 11.9 Å². The maximum Gasteiger partial charge on any atom is 0.317 e. The summed E-state index contributed by atoms with van der Waals surface area (Å²) >= 11 is 6.06. The van der Waals surface area contributed by atoms with Crippen LogP contribution in [0.5, 0.6) is 0 Å². The van der Waals surface area contributed by atoms with E-state index in [1.165, 1.54) is 5.56 Å². The molecule has 168 valence electrons. The molecule has 2 aromatic rings. The highest BCUT2D eigenvalue weighted by atomic mass is 35.5. The molecule has 0 bridgehead atoms. The van der Waals surface area contributed by atoms with Crippen molar-refractivity contribution in [2.45, 2.75) is 44.3 Å². The van der Waals surface area contributed by atoms with E-state index in [4.69, 9.17) is 17.3 Å². The topological polar surface area (TPSA) is 115 Å². The van der Waals surface area contributed by atoms with E-state index in [0.717, 1.165) is 50.5 Å². The fourth-order valence-corrected chi connectivity index (χ4v) is 4.97. The number of aliphatic carboxylic acids is 1. The van der Waals surface area contributed by atoms with Crippen molar-refractivity contribution in [1.29, 1.82) is 0 Å². The molecule has 0 spiro atoms. The lowest BCUT2D eigenvalue weighted by Gasteiger charge is -2.50. The molecule has 0 amide bonds. The zero-order chi connectivity index (χ0) is 22.0. The molecule has 2 atom stereocenters. The molecule has 4 rings (SSSR count). The highest BCUT2D eigenvalue weighted by Gasteiger charge is 2.37. The number of carbonyl (C=O) groups is 1. The zero-order valence-corrected chi connectivity index (χ0v) is 18.5. The van der Waals surface area contributed by atoms with Gasteiger partial charge in [0.25, 0.3) is 0 Å². The van der Waals surface area contributed by atoms with Gasteiger partial charge in [0.15, 0.2) is 0 Å². The van der Waals surface area contributed by atoms with Gasteiger partial charge in [-0.1, -0.05) is 23.7 Å². The largest absolute Gasteiger partial charge is 0.480 e. The van der Waals surface area contributed by atoms with E-state index >= 15 is 0 Å². The molecule has 1 aromatic carbocycles. The molecule has 0 unspecified atom stereocenters. The summed E-state index contributed by atoms with van der Waals surface area (Å²) in [7, 11) is 0. The van der Waals surface area contributed by atoms with E-state index in [0.29, 0.717) is 17.9 Å². The van der Waals surface area contributed by atoms with Crippen molar-refractivity contribution in [3.63, 3.8) is 0 Å². The molecule has 0 aliphatic carbocycles. The molecule has 0 saturated carbocycles. The first-order valence-electron chi connectivity index (χ1n) is 10.8. The number of H-pyrrole nitrogens is 1. The van der Waals surface area contributed by atoms with Crippen LogP contribution in [0.3, 0.4) is 0 Å². The number of carboxylic acid groups (broad SMARTS) is 1. The second-order valence-electron chi connectivity index (χ2n) is 8.59. The van der Waals surface area contributed by atoms with Gasteiger partial charge in [0.1, 0.15) is 0 Å². The Morgan fingerprint density at radius 3 is 2.58 bits per heavy atom. The van der Waals surface area contributed by atoms with Crippen molar-refractivity contribution in [3.05, 3.63) is 34.9 Å². The van der Waals surface area contributed by atoms with Crippen molar-refractivity contribution in [3.8, 4) is 0 Å². The number of rotatable bonds is 6. The quantitative estimate of drug-likeness (QED) is 0.613. The van der Waals surface area contributed by atoms with Gasteiger partial charge in [-0.05, 0) is 43.9 Å². The van der Waals surface area contributed by atoms with E-state index in [1.807, 2.05) is 12.1 Å². The number of carboxylic acids is 1. The summed E-state index contributed by atoms with van der Waals surface area (Å²) in [5, 5.41) is 17.0. The number of hydrogen-bond acceptors (Lipinski definition) is 7. The van der Waals surface area contributed by atoms with Gasteiger partial charge in [0.05, 0.1) is 6.54 Å². The first kappa shape index (κ1) is 21.9. The number of nitrogens with one attached hydrogen (secondary N) is 1. The van der Waals surface area contributed by atoms with Crippen LogP contribution in [0.2, 0.25) is 5.02 Å². The molecule has 31 heavy (non-hydrogen) atoms. The van der Waals surface area contributed by atoms with Crippen LogP contribution in [0.15, 0.2) is 24.3 Å². The number of nitrogen functional groups attached to an aromatic ring is 1. The van der Waals surface area contributed by atoms with Crippen LogP contribution in [0.25, 0.3) is 0 Å². The van der Waals surface area contributed by atoms with Gasteiger partial charge in [-0.3, -0.25) is 14.6 Å². The molecular weight excluding hydrogens is 418 g/mol. The van der Waals surface area contributed by atoms with Gasteiger partial charge >= 0.3 is 5.97 Å².